The molecular formula is C19H15N3O4. The molecule has 1 aliphatic rings. The largest absolute Gasteiger partial charge is 0.431 e. The molecule has 3 amide bonds. The predicted octanol–water partition coefficient (Wildman–Crippen LogP) is 2.66. The van der Waals surface area contributed by atoms with Gasteiger partial charge in [0, 0.05) is 28.4 Å². The summed E-state index contributed by atoms with van der Waals surface area (Å²) in [7, 11) is 0. The number of anilines is 1. The number of fused-ring (bicyclic) bond motifs is 1. The second-order valence-corrected chi connectivity index (χ2v) is 5.98. The zero-order chi connectivity index (χ0) is 18.1. The Bertz CT molecular complexity index is 1010. The van der Waals surface area contributed by atoms with Crippen molar-refractivity contribution in [2.75, 3.05) is 5.32 Å². The van der Waals surface area contributed by atoms with Crippen molar-refractivity contribution in [2.45, 2.75) is 12.5 Å². The van der Waals surface area contributed by atoms with Crippen molar-refractivity contribution >= 4 is 34.5 Å². The quantitative estimate of drug-likeness (QED) is 0.674. The van der Waals surface area contributed by atoms with Crippen LogP contribution in [0.15, 0.2) is 54.7 Å². The molecule has 2 aromatic carbocycles. The molecule has 7 heteroatoms. The summed E-state index contributed by atoms with van der Waals surface area (Å²) in [4.78, 5) is 38.1. The molecular weight excluding hydrogens is 334 g/mol. The summed E-state index contributed by atoms with van der Waals surface area (Å²) in [5.74, 6) is -0.640. The minimum atomic E-state index is -0.946. The van der Waals surface area contributed by atoms with E-state index in [1.165, 1.54) is 0 Å². The van der Waals surface area contributed by atoms with Gasteiger partial charge in [0.1, 0.15) is 0 Å². The summed E-state index contributed by atoms with van der Waals surface area (Å²) in [5.41, 5.74) is 3.06. The van der Waals surface area contributed by atoms with E-state index in [0.717, 1.165) is 16.5 Å². The smallest absolute Gasteiger partial charge is 0.415 e. The summed E-state index contributed by atoms with van der Waals surface area (Å²) in [6, 6.07) is 14.4. The number of cyclic esters (lactones) is 1. The Labute approximate surface area is 148 Å². The van der Waals surface area contributed by atoms with Gasteiger partial charge in [-0.2, -0.15) is 0 Å². The molecule has 1 aliphatic heterocycles. The average Bonchev–Trinajstić information content (AvgIpc) is 3.18. The van der Waals surface area contributed by atoms with E-state index in [1.807, 2.05) is 30.5 Å². The first-order chi connectivity index (χ1) is 12.6. The number of rotatable bonds is 4. The number of amides is 3. The van der Waals surface area contributed by atoms with Crippen LogP contribution in [0.3, 0.4) is 0 Å². The molecule has 3 N–H and O–H groups in total. The molecule has 0 bridgehead atoms. The van der Waals surface area contributed by atoms with Gasteiger partial charge in [-0.25, -0.2) is 4.79 Å². The first-order valence-corrected chi connectivity index (χ1v) is 8.06. The Balaban J connectivity index is 1.43. The molecule has 0 spiro atoms. The Morgan fingerprint density at radius 3 is 2.58 bits per heavy atom. The molecule has 1 atom stereocenters. The molecule has 4 rings (SSSR count). The van der Waals surface area contributed by atoms with Crippen LogP contribution in [0.25, 0.3) is 10.9 Å². The third-order valence-corrected chi connectivity index (χ3v) is 4.21. The van der Waals surface area contributed by atoms with Crippen LogP contribution < -0.4 is 10.6 Å². The van der Waals surface area contributed by atoms with Crippen molar-refractivity contribution in [3.05, 3.63) is 65.9 Å². The maximum Gasteiger partial charge on any atom is 0.415 e. The van der Waals surface area contributed by atoms with Crippen LogP contribution in [0.2, 0.25) is 0 Å². The van der Waals surface area contributed by atoms with Crippen LogP contribution in [-0.4, -0.2) is 22.9 Å². The highest BCUT2D eigenvalue weighted by Gasteiger charge is 2.33. The fourth-order valence-corrected chi connectivity index (χ4v) is 2.97. The fourth-order valence-electron chi connectivity index (χ4n) is 2.97. The monoisotopic (exact) mass is 349 g/mol. The highest BCUT2D eigenvalue weighted by molar-refractivity contribution is 6.00. The number of alkyl carbamates (subject to hydrolysis) is 1. The standard InChI is InChI=1S/C19H15N3O4/c23-16(9-12-10-20-15-4-2-1-3-14(12)15)21-13-7-5-11(6-8-13)17-18(24)22-19(25)26-17/h1-8,10,17,20H,9H2,(H,21,23)(H,22,24,25). The van der Waals surface area contributed by atoms with E-state index >= 15 is 0 Å². The second-order valence-electron chi connectivity index (χ2n) is 5.98. The summed E-state index contributed by atoms with van der Waals surface area (Å²) in [6.07, 6.45) is 0.379. The molecule has 0 aliphatic carbocycles. The van der Waals surface area contributed by atoms with Crippen molar-refractivity contribution in [1.29, 1.82) is 0 Å². The number of para-hydroxylation sites is 1. The first-order valence-electron chi connectivity index (χ1n) is 8.06. The number of hydrogen-bond acceptors (Lipinski definition) is 4. The van der Waals surface area contributed by atoms with E-state index in [1.54, 1.807) is 24.3 Å². The topological polar surface area (TPSA) is 100 Å². The molecule has 1 unspecified atom stereocenters. The molecule has 130 valence electrons. The van der Waals surface area contributed by atoms with E-state index < -0.39 is 18.1 Å². The highest BCUT2D eigenvalue weighted by Crippen LogP contribution is 2.24. The maximum atomic E-state index is 12.3. The van der Waals surface area contributed by atoms with Crippen LogP contribution in [0.1, 0.15) is 17.2 Å². The zero-order valence-electron chi connectivity index (χ0n) is 13.6. The molecule has 0 radical (unpaired) electrons. The molecule has 2 heterocycles. The van der Waals surface area contributed by atoms with Crippen LogP contribution in [0, 0.1) is 0 Å². The van der Waals surface area contributed by atoms with Crippen LogP contribution >= 0.6 is 0 Å². The van der Waals surface area contributed by atoms with Gasteiger partial charge in [-0.1, -0.05) is 30.3 Å². The predicted molar refractivity (Wildman–Crippen MR) is 94.4 cm³/mol. The molecule has 26 heavy (non-hydrogen) atoms. The Hall–Kier alpha value is -3.61. The number of imide groups is 1. The van der Waals surface area contributed by atoms with E-state index in [9.17, 15) is 14.4 Å². The van der Waals surface area contributed by atoms with Gasteiger partial charge in [0.2, 0.25) is 12.0 Å². The third-order valence-electron chi connectivity index (χ3n) is 4.21. The van der Waals surface area contributed by atoms with E-state index in [2.05, 4.69) is 15.6 Å². The van der Waals surface area contributed by atoms with Crippen molar-refractivity contribution in [3.8, 4) is 0 Å². The van der Waals surface area contributed by atoms with Crippen LogP contribution in [-0.2, 0) is 20.7 Å². The number of aromatic nitrogens is 1. The van der Waals surface area contributed by atoms with Crippen LogP contribution in [0.5, 0.6) is 0 Å². The van der Waals surface area contributed by atoms with Gasteiger partial charge in [0.05, 0.1) is 6.42 Å². The minimum absolute atomic E-state index is 0.146. The summed E-state index contributed by atoms with van der Waals surface area (Å²) in [5, 5.41) is 5.92. The summed E-state index contributed by atoms with van der Waals surface area (Å²) >= 11 is 0. The minimum Gasteiger partial charge on any atom is -0.431 e. The van der Waals surface area contributed by atoms with Gasteiger partial charge in [0.15, 0.2) is 0 Å². The Kier molecular flexibility index (Phi) is 3.89. The molecule has 3 aromatic rings. The number of H-pyrrole nitrogens is 1. The van der Waals surface area contributed by atoms with Crippen molar-refractivity contribution < 1.29 is 19.1 Å². The Morgan fingerprint density at radius 1 is 1.08 bits per heavy atom. The van der Waals surface area contributed by atoms with Gasteiger partial charge in [0.25, 0.3) is 5.91 Å². The average molecular weight is 349 g/mol. The lowest BCUT2D eigenvalue weighted by atomic mass is 10.1. The van der Waals surface area contributed by atoms with Gasteiger partial charge < -0.3 is 15.0 Å². The van der Waals surface area contributed by atoms with E-state index in [-0.39, 0.29) is 12.3 Å². The van der Waals surface area contributed by atoms with E-state index in [4.69, 9.17) is 4.74 Å². The van der Waals surface area contributed by atoms with Gasteiger partial charge in [-0.05, 0) is 23.8 Å². The SMILES string of the molecule is O=C(Cc1c[nH]c2ccccc12)Nc1ccc(C2OC(=O)NC2=O)cc1. The number of carbonyl (C=O) groups excluding carboxylic acids is 3. The van der Waals surface area contributed by atoms with E-state index in [0.29, 0.717) is 11.3 Å². The lowest BCUT2D eigenvalue weighted by Gasteiger charge is -2.09. The van der Waals surface area contributed by atoms with Crippen molar-refractivity contribution in [2.24, 2.45) is 0 Å². The molecule has 7 nitrogen and oxygen atoms in total. The molecule has 1 saturated heterocycles. The van der Waals surface area contributed by atoms with Gasteiger partial charge in [-0.15, -0.1) is 0 Å². The number of aromatic amines is 1. The maximum absolute atomic E-state index is 12.3. The lowest BCUT2D eigenvalue weighted by Crippen LogP contribution is -2.20. The third kappa shape index (κ3) is 3.02. The van der Waals surface area contributed by atoms with Crippen LogP contribution in [0.4, 0.5) is 10.5 Å². The van der Waals surface area contributed by atoms with Gasteiger partial charge >= 0.3 is 6.09 Å². The number of hydrogen-bond donors (Lipinski definition) is 3. The zero-order valence-corrected chi connectivity index (χ0v) is 13.6. The molecule has 1 aromatic heterocycles. The molecule has 1 fully saturated rings. The first kappa shape index (κ1) is 15.9. The number of benzene rings is 2. The Morgan fingerprint density at radius 2 is 1.85 bits per heavy atom. The lowest BCUT2D eigenvalue weighted by molar-refractivity contribution is -0.123. The number of ether oxygens (including phenoxy) is 1. The fraction of sp³-hybridized carbons (Fsp3) is 0.105. The van der Waals surface area contributed by atoms with Crippen molar-refractivity contribution in [1.82, 2.24) is 10.3 Å². The summed E-state index contributed by atoms with van der Waals surface area (Å²) in [6.45, 7) is 0. The number of carbonyl (C=O) groups is 3. The number of nitrogens with one attached hydrogen (secondary N) is 3. The highest BCUT2D eigenvalue weighted by atomic mass is 16.6. The van der Waals surface area contributed by atoms with Crippen molar-refractivity contribution in [3.63, 3.8) is 0 Å². The second kappa shape index (κ2) is 6.36. The van der Waals surface area contributed by atoms with Gasteiger partial charge in [-0.3, -0.25) is 14.9 Å². The normalized spacial score (nSPS) is 16.4. The summed E-state index contributed by atoms with van der Waals surface area (Å²) < 4.78 is 4.90. The molecule has 0 saturated carbocycles.